The highest BCUT2D eigenvalue weighted by Crippen LogP contribution is 2.22. The number of nitriles is 1. The fourth-order valence-corrected chi connectivity index (χ4v) is 2.12. The van der Waals surface area contributed by atoms with Crippen LogP contribution in [0.1, 0.15) is 23.7 Å². The van der Waals surface area contributed by atoms with Gasteiger partial charge >= 0.3 is 0 Å². The van der Waals surface area contributed by atoms with Crippen LogP contribution in [0.3, 0.4) is 0 Å². The van der Waals surface area contributed by atoms with Crippen molar-refractivity contribution in [2.45, 2.75) is 18.2 Å². The lowest BCUT2D eigenvalue weighted by Crippen LogP contribution is -2.24. The Kier molecular flexibility index (Phi) is 5.44. The molecular formula is C12H14N2OS. The van der Waals surface area contributed by atoms with Gasteiger partial charge in [-0.3, -0.25) is 4.79 Å². The van der Waals surface area contributed by atoms with E-state index < -0.39 is 0 Å². The zero-order valence-corrected chi connectivity index (χ0v) is 10.0. The number of carbonyl (C=O) groups is 1. The maximum atomic E-state index is 11.7. The van der Waals surface area contributed by atoms with E-state index in [1.54, 1.807) is 17.8 Å². The third-order valence-electron chi connectivity index (χ3n) is 1.92. The van der Waals surface area contributed by atoms with Crippen LogP contribution in [-0.2, 0) is 0 Å². The average molecular weight is 234 g/mol. The van der Waals surface area contributed by atoms with Crippen LogP contribution in [0.25, 0.3) is 0 Å². The van der Waals surface area contributed by atoms with Crippen LogP contribution in [0.5, 0.6) is 0 Å². The first kappa shape index (κ1) is 12.6. The minimum atomic E-state index is -0.180. The van der Waals surface area contributed by atoms with Gasteiger partial charge in [-0.2, -0.15) is 5.26 Å². The second-order valence-corrected chi connectivity index (χ2v) is 4.32. The molecule has 0 heterocycles. The van der Waals surface area contributed by atoms with Gasteiger partial charge in [0, 0.05) is 4.90 Å². The highest BCUT2D eigenvalue weighted by Gasteiger charge is 2.09. The Morgan fingerprint density at radius 1 is 1.50 bits per heavy atom. The van der Waals surface area contributed by atoms with Crippen LogP contribution in [0, 0.1) is 11.3 Å². The first-order valence-corrected chi connectivity index (χ1v) is 6.15. The van der Waals surface area contributed by atoms with Crippen molar-refractivity contribution in [1.29, 1.82) is 5.26 Å². The highest BCUT2D eigenvalue weighted by atomic mass is 32.2. The Balaban J connectivity index is 2.77. The van der Waals surface area contributed by atoms with Crippen LogP contribution in [-0.4, -0.2) is 18.2 Å². The molecule has 1 amide bonds. The van der Waals surface area contributed by atoms with E-state index in [1.165, 1.54) is 0 Å². The normalized spacial score (nSPS) is 9.50. The molecule has 0 saturated heterocycles. The van der Waals surface area contributed by atoms with Crippen molar-refractivity contribution in [2.75, 3.05) is 12.3 Å². The summed E-state index contributed by atoms with van der Waals surface area (Å²) >= 11 is 1.67. The fourth-order valence-electron chi connectivity index (χ4n) is 1.21. The number of amides is 1. The SMILES string of the molecule is CCCSc1ccccc1C(=O)NCC#N. The maximum Gasteiger partial charge on any atom is 0.253 e. The number of nitrogens with one attached hydrogen (secondary N) is 1. The third kappa shape index (κ3) is 3.59. The smallest absolute Gasteiger partial charge is 0.253 e. The summed E-state index contributed by atoms with van der Waals surface area (Å²) in [7, 11) is 0. The number of nitrogens with zero attached hydrogens (tertiary/aromatic N) is 1. The van der Waals surface area contributed by atoms with E-state index in [2.05, 4.69) is 12.2 Å². The molecule has 84 valence electrons. The van der Waals surface area contributed by atoms with Crippen LogP contribution in [0.4, 0.5) is 0 Å². The van der Waals surface area contributed by atoms with Crippen molar-refractivity contribution < 1.29 is 4.79 Å². The van der Waals surface area contributed by atoms with Gasteiger partial charge in [0.25, 0.3) is 5.91 Å². The van der Waals surface area contributed by atoms with Crippen LogP contribution in [0.2, 0.25) is 0 Å². The van der Waals surface area contributed by atoms with Crippen molar-refractivity contribution in [1.82, 2.24) is 5.32 Å². The molecule has 0 aliphatic heterocycles. The average Bonchev–Trinajstić information content (AvgIpc) is 2.33. The Bertz CT molecular complexity index is 398. The van der Waals surface area contributed by atoms with E-state index >= 15 is 0 Å². The summed E-state index contributed by atoms with van der Waals surface area (Å²) in [4.78, 5) is 12.7. The minimum Gasteiger partial charge on any atom is -0.339 e. The van der Waals surface area contributed by atoms with Gasteiger partial charge in [-0.25, -0.2) is 0 Å². The molecule has 1 N–H and O–H groups in total. The van der Waals surface area contributed by atoms with Gasteiger partial charge in [-0.15, -0.1) is 11.8 Å². The predicted octanol–water partition coefficient (Wildman–Crippen LogP) is 2.44. The van der Waals surface area contributed by atoms with Crippen molar-refractivity contribution in [2.24, 2.45) is 0 Å². The summed E-state index contributed by atoms with van der Waals surface area (Å²) in [6.07, 6.45) is 1.07. The number of benzene rings is 1. The molecule has 0 aromatic heterocycles. The summed E-state index contributed by atoms with van der Waals surface area (Å²) in [5, 5.41) is 11.0. The van der Waals surface area contributed by atoms with Gasteiger partial charge in [0.1, 0.15) is 6.54 Å². The molecule has 3 nitrogen and oxygen atoms in total. The van der Waals surface area contributed by atoms with Gasteiger partial charge in [-0.1, -0.05) is 19.1 Å². The second-order valence-electron chi connectivity index (χ2n) is 3.19. The van der Waals surface area contributed by atoms with E-state index in [9.17, 15) is 4.79 Å². The lowest BCUT2D eigenvalue weighted by molar-refractivity contribution is 0.0955. The lowest BCUT2D eigenvalue weighted by Gasteiger charge is -2.07. The Labute approximate surface area is 99.8 Å². The molecule has 0 spiro atoms. The number of rotatable bonds is 5. The van der Waals surface area contributed by atoms with E-state index in [4.69, 9.17) is 5.26 Å². The van der Waals surface area contributed by atoms with Crippen LogP contribution in [0.15, 0.2) is 29.2 Å². The summed E-state index contributed by atoms with van der Waals surface area (Å²) in [5.41, 5.74) is 0.649. The number of thioether (sulfide) groups is 1. The van der Waals surface area contributed by atoms with E-state index in [0.29, 0.717) is 5.56 Å². The molecule has 1 rings (SSSR count). The molecule has 0 fully saturated rings. The predicted molar refractivity (Wildman–Crippen MR) is 65.4 cm³/mol. The zero-order chi connectivity index (χ0) is 11.8. The van der Waals surface area contributed by atoms with Gasteiger partial charge in [0.15, 0.2) is 0 Å². The van der Waals surface area contributed by atoms with Gasteiger partial charge in [0.2, 0.25) is 0 Å². The highest BCUT2D eigenvalue weighted by molar-refractivity contribution is 7.99. The van der Waals surface area contributed by atoms with E-state index in [1.807, 2.05) is 24.3 Å². The van der Waals surface area contributed by atoms with Crippen molar-refractivity contribution in [3.05, 3.63) is 29.8 Å². The second kappa shape index (κ2) is 6.91. The number of carbonyl (C=O) groups excluding carboxylic acids is 1. The largest absolute Gasteiger partial charge is 0.339 e. The standard InChI is InChI=1S/C12H14N2OS/c1-2-9-16-11-6-4-3-5-10(11)12(15)14-8-7-13/h3-6H,2,8-9H2,1H3,(H,14,15). The van der Waals surface area contributed by atoms with Crippen molar-refractivity contribution in [3.8, 4) is 6.07 Å². The summed E-state index contributed by atoms with van der Waals surface area (Å²) in [5.74, 6) is 0.809. The van der Waals surface area contributed by atoms with E-state index in [0.717, 1.165) is 17.1 Å². The fraction of sp³-hybridized carbons (Fsp3) is 0.333. The molecule has 16 heavy (non-hydrogen) atoms. The zero-order valence-electron chi connectivity index (χ0n) is 9.19. The molecule has 1 aromatic rings. The molecular weight excluding hydrogens is 220 g/mol. The van der Waals surface area contributed by atoms with Gasteiger partial charge in [0.05, 0.1) is 11.6 Å². The molecule has 1 aromatic carbocycles. The summed E-state index contributed by atoms with van der Waals surface area (Å²) < 4.78 is 0. The lowest BCUT2D eigenvalue weighted by atomic mass is 10.2. The molecule has 0 saturated carbocycles. The Hall–Kier alpha value is -1.47. The van der Waals surface area contributed by atoms with E-state index in [-0.39, 0.29) is 12.5 Å². The Morgan fingerprint density at radius 2 is 2.25 bits per heavy atom. The third-order valence-corrected chi connectivity index (χ3v) is 3.20. The van der Waals surface area contributed by atoms with Gasteiger partial charge < -0.3 is 5.32 Å². The minimum absolute atomic E-state index is 0.0472. The summed E-state index contributed by atoms with van der Waals surface area (Å²) in [6, 6.07) is 9.35. The molecule has 0 aliphatic rings. The first-order chi connectivity index (χ1) is 7.79. The molecule has 0 aliphatic carbocycles. The molecule has 0 radical (unpaired) electrons. The Morgan fingerprint density at radius 3 is 2.94 bits per heavy atom. The number of hydrogen-bond acceptors (Lipinski definition) is 3. The van der Waals surface area contributed by atoms with Gasteiger partial charge in [-0.05, 0) is 24.3 Å². The van der Waals surface area contributed by atoms with Crippen molar-refractivity contribution >= 4 is 17.7 Å². The van der Waals surface area contributed by atoms with Crippen LogP contribution >= 0.6 is 11.8 Å². The number of hydrogen-bond donors (Lipinski definition) is 1. The van der Waals surface area contributed by atoms with Crippen LogP contribution < -0.4 is 5.32 Å². The molecule has 0 bridgehead atoms. The molecule has 0 atom stereocenters. The quantitative estimate of drug-likeness (QED) is 0.629. The maximum absolute atomic E-state index is 11.7. The van der Waals surface area contributed by atoms with Crippen molar-refractivity contribution in [3.63, 3.8) is 0 Å². The molecule has 4 heteroatoms. The first-order valence-electron chi connectivity index (χ1n) is 5.16. The topological polar surface area (TPSA) is 52.9 Å². The monoisotopic (exact) mass is 234 g/mol. The molecule has 0 unspecified atom stereocenters. The summed E-state index contributed by atoms with van der Waals surface area (Å²) in [6.45, 7) is 2.15.